The van der Waals surface area contributed by atoms with Crippen molar-refractivity contribution in [3.05, 3.63) is 48.3 Å². The van der Waals surface area contributed by atoms with E-state index in [4.69, 9.17) is 0 Å². The predicted molar refractivity (Wildman–Crippen MR) is 88.3 cm³/mol. The second kappa shape index (κ2) is 6.79. The molecule has 114 valence electrons. The summed E-state index contributed by atoms with van der Waals surface area (Å²) in [6.45, 7) is 1.70. The first-order chi connectivity index (χ1) is 10.8. The molecule has 5 nitrogen and oxygen atoms in total. The van der Waals surface area contributed by atoms with Crippen LogP contribution in [0.1, 0.15) is 16.8 Å². The van der Waals surface area contributed by atoms with Crippen LogP contribution >= 0.6 is 11.8 Å². The molecule has 2 aromatic heterocycles. The van der Waals surface area contributed by atoms with Gasteiger partial charge in [-0.1, -0.05) is 6.07 Å². The lowest BCUT2D eigenvalue weighted by atomic mass is 10.2. The van der Waals surface area contributed by atoms with Gasteiger partial charge in [0.05, 0.1) is 5.56 Å². The number of nitrogens with zero attached hydrogens (tertiary/aromatic N) is 3. The van der Waals surface area contributed by atoms with Crippen molar-refractivity contribution >= 4 is 23.5 Å². The van der Waals surface area contributed by atoms with Crippen molar-refractivity contribution in [2.75, 3.05) is 24.2 Å². The van der Waals surface area contributed by atoms with E-state index < -0.39 is 0 Å². The average molecular weight is 314 g/mol. The molecule has 6 heteroatoms. The molecule has 1 aliphatic heterocycles. The summed E-state index contributed by atoms with van der Waals surface area (Å²) < 4.78 is 0. The van der Waals surface area contributed by atoms with E-state index in [1.165, 1.54) is 11.8 Å². The second-order valence-corrected chi connectivity index (χ2v) is 5.95. The number of thioether (sulfide) groups is 1. The first kappa shape index (κ1) is 14.8. The number of pyridine rings is 2. The standard InChI is InChI=1S/C16H18N4OS/c1-22-16-13(5-4-9-18-16)15(21)19-12-7-10-20(11-12)14-6-2-3-8-17-14/h2-6,8-9,12H,7,10-11H2,1H3,(H,19,21)/t12-/m1/s1. The highest BCUT2D eigenvalue weighted by atomic mass is 32.2. The van der Waals surface area contributed by atoms with Crippen LogP contribution in [0.4, 0.5) is 5.82 Å². The summed E-state index contributed by atoms with van der Waals surface area (Å²) in [6, 6.07) is 9.64. The molecule has 1 saturated heterocycles. The Morgan fingerprint density at radius 1 is 1.27 bits per heavy atom. The van der Waals surface area contributed by atoms with Gasteiger partial charge in [0.1, 0.15) is 10.8 Å². The van der Waals surface area contributed by atoms with E-state index >= 15 is 0 Å². The third-order valence-corrected chi connectivity index (χ3v) is 4.42. The van der Waals surface area contributed by atoms with Crippen LogP contribution in [-0.4, -0.2) is 41.3 Å². The zero-order chi connectivity index (χ0) is 15.4. The second-order valence-electron chi connectivity index (χ2n) is 5.15. The lowest BCUT2D eigenvalue weighted by molar-refractivity contribution is 0.0936. The summed E-state index contributed by atoms with van der Waals surface area (Å²) in [5.74, 6) is 0.913. The normalized spacial score (nSPS) is 17.5. The minimum absolute atomic E-state index is 0.0506. The maximum atomic E-state index is 12.4. The van der Waals surface area contributed by atoms with E-state index in [-0.39, 0.29) is 11.9 Å². The molecule has 0 aliphatic carbocycles. The van der Waals surface area contributed by atoms with Crippen molar-refractivity contribution in [2.45, 2.75) is 17.5 Å². The number of hydrogen-bond donors (Lipinski definition) is 1. The van der Waals surface area contributed by atoms with Gasteiger partial charge in [-0.3, -0.25) is 4.79 Å². The van der Waals surface area contributed by atoms with Crippen molar-refractivity contribution in [3.63, 3.8) is 0 Å². The van der Waals surface area contributed by atoms with Crippen LogP contribution in [0.5, 0.6) is 0 Å². The van der Waals surface area contributed by atoms with Gasteiger partial charge >= 0.3 is 0 Å². The van der Waals surface area contributed by atoms with Gasteiger partial charge in [0.25, 0.3) is 5.91 Å². The Labute approximate surface area is 134 Å². The Hall–Kier alpha value is -2.08. The Morgan fingerprint density at radius 2 is 2.14 bits per heavy atom. The highest BCUT2D eigenvalue weighted by Crippen LogP contribution is 2.20. The zero-order valence-corrected chi connectivity index (χ0v) is 13.2. The molecule has 3 heterocycles. The van der Waals surface area contributed by atoms with Gasteiger partial charge in [-0.25, -0.2) is 9.97 Å². The van der Waals surface area contributed by atoms with Crippen molar-refractivity contribution in [2.24, 2.45) is 0 Å². The largest absolute Gasteiger partial charge is 0.354 e. The quantitative estimate of drug-likeness (QED) is 0.877. The fourth-order valence-electron chi connectivity index (χ4n) is 2.62. The number of amides is 1. The first-order valence-electron chi connectivity index (χ1n) is 7.24. The summed E-state index contributed by atoms with van der Waals surface area (Å²) in [5.41, 5.74) is 0.645. The molecular weight excluding hydrogens is 296 g/mol. The van der Waals surface area contributed by atoms with Gasteiger partial charge in [0.2, 0.25) is 0 Å². The number of rotatable bonds is 4. The molecule has 0 bridgehead atoms. The molecule has 0 spiro atoms. The van der Waals surface area contributed by atoms with Crippen LogP contribution in [-0.2, 0) is 0 Å². The minimum atomic E-state index is -0.0506. The molecule has 0 aromatic carbocycles. The van der Waals surface area contributed by atoms with E-state index in [1.807, 2.05) is 30.5 Å². The molecule has 0 radical (unpaired) electrons. The van der Waals surface area contributed by atoms with Crippen LogP contribution in [0.3, 0.4) is 0 Å². The summed E-state index contributed by atoms with van der Waals surface area (Å²) >= 11 is 1.49. The van der Waals surface area contributed by atoms with E-state index in [0.29, 0.717) is 5.56 Å². The van der Waals surface area contributed by atoms with Crippen molar-refractivity contribution in [3.8, 4) is 0 Å². The summed E-state index contributed by atoms with van der Waals surface area (Å²) in [4.78, 5) is 23.2. The number of nitrogens with one attached hydrogen (secondary N) is 1. The van der Waals surface area contributed by atoms with Crippen LogP contribution in [0.25, 0.3) is 0 Å². The molecular formula is C16H18N4OS. The monoisotopic (exact) mass is 314 g/mol. The molecule has 22 heavy (non-hydrogen) atoms. The lowest BCUT2D eigenvalue weighted by Gasteiger charge is -2.18. The molecule has 1 aliphatic rings. The first-order valence-corrected chi connectivity index (χ1v) is 8.46. The summed E-state index contributed by atoms with van der Waals surface area (Å²) in [5, 5.41) is 3.87. The van der Waals surface area contributed by atoms with Gasteiger partial charge in [-0.2, -0.15) is 0 Å². The number of anilines is 1. The van der Waals surface area contributed by atoms with E-state index in [0.717, 1.165) is 30.4 Å². The number of hydrogen-bond acceptors (Lipinski definition) is 5. The summed E-state index contributed by atoms with van der Waals surface area (Å²) in [7, 11) is 0. The van der Waals surface area contributed by atoms with E-state index in [1.54, 1.807) is 18.5 Å². The van der Waals surface area contributed by atoms with Gasteiger partial charge in [-0.05, 0) is 36.9 Å². The van der Waals surface area contributed by atoms with Crippen molar-refractivity contribution < 1.29 is 4.79 Å². The molecule has 3 rings (SSSR count). The van der Waals surface area contributed by atoms with Gasteiger partial charge in [0, 0.05) is 31.5 Å². The molecule has 1 amide bonds. The highest BCUT2D eigenvalue weighted by Gasteiger charge is 2.25. The third-order valence-electron chi connectivity index (χ3n) is 3.71. The van der Waals surface area contributed by atoms with Gasteiger partial charge < -0.3 is 10.2 Å². The van der Waals surface area contributed by atoms with E-state index in [2.05, 4.69) is 20.2 Å². The number of aromatic nitrogens is 2. The molecule has 1 fully saturated rings. The fourth-order valence-corrected chi connectivity index (χ4v) is 3.16. The Kier molecular flexibility index (Phi) is 4.58. The molecule has 0 unspecified atom stereocenters. The maximum absolute atomic E-state index is 12.4. The van der Waals surface area contributed by atoms with Crippen LogP contribution in [0.15, 0.2) is 47.8 Å². The number of carbonyl (C=O) groups excluding carboxylic acids is 1. The van der Waals surface area contributed by atoms with Crippen LogP contribution in [0, 0.1) is 0 Å². The SMILES string of the molecule is CSc1ncccc1C(=O)N[C@@H]1CCN(c2ccccn2)C1. The highest BCUT2D eigenvalue weighted by molar-refractivity contribution is 7.98. The molecule has 2 aromatic rings. The summed E-state index contributed by atoms with van der Waals surface area (Å²) in [6.07, 6.45) is 6.36. The topological polar surface area (TPSA) is 58.1 Å². The fraction of sp³-hybridized carbons (Fsp3) is 0.312. The van der Waals surface area contributed by atoms with Crippen molar-refractivity contribution in [1.29, 1.82) is 0 Å². The molecule has 0 saturated carbocycles. The van der Waals surface area contributed by atoms with Crippen LogP contribution in [0.2, 0.25) is 0 Å². The Bertz CT molecular complexity index is 650. The van der Waals surface area contributed by atoms with Crippen LogP contribution < -0.4 is 10.2 Å². The lowest BCUT2D eigenvalue weighted by Crippen LogP contribution is -2.37. The maximum Gasteiger partial charge on any atom is 0.254 e. The molecule has 1 N–H and O–H groups in total. The predicted octanol–water partition coefficient (Wildman–Crippen LogP) is 2.21. The Balaban J connectivity index is 1.64. The number of carbonyl (C=O) groups is 1. The Morgan fingerprint density at radius 3 is 2.91 bits per heavy atom. The van der Waals surface area contributed by atoms with Gasteiger partial charge in [-0.15, -0.1) is 11.8 Å². The zero-order valence-electron chi connectivity index (χ0n) is 12.4. The average Bonchev–Trinajstić information content (AvgIpc) is 3.04. The smallest absolute Gasteiger partial charge is 0.254 e. The third kappa shape index (κ3) is 3.22. The molecule has 1 atom stereocenters. The minimum Gasteiger partial charge on any atom is -0.354 e. The van der Waals surface area contributed by atoms with E-state index in [9.17, 15) is 4.79 Å². The van der Waals surface area contributed by atoms with Crippen molar-refractivity contribution in [1.82, 2.24) is 15.3 Å². The van der Waals surface area contributed by atoms with Gasteiger partial charge in [0.15, 0.2) is 0 Å².